The van der Waals surface area contributed by atoms with Gasteiger partial charge < -0.3 is 29.7 Å². The molecule has 0 fully saturated rings. The van der Waals surface area contributed by atoms with Crippen LogP contribution in [0.2, 0.25) is 0 Å². The number of carbonyl (C=O) groups is 6. The monoisotopic (exact) mass is 450 g/mol. The molecule has 0 radical (unpaired) electrons. The normalized spacial score (nSPS) is 9.77. The number of hydrogen-bond acceptors (Lipinski definition) is 9. The number of carbonyl (C=O) groups excluding carboxylic acids is 6. The minimum atomic E-state index is -1.33. The summed E-state index contributed by atoms with van der Waals surface area (Å²) in [5, 5.41) is 29.4. The van der Waals surface area contributed by atoms with E-state index in [2.05, 4.69) is 0 Å². The van der Waals surface area contributed by atoms with E-state index in [4.69, 9.17) is 0 Å². The fourth-order valence-corrected chi connectivity index (χ4v) is 1.35. The number of hydrogen-bond donors (Lipinski definition) is 0. The van der Waals surface area contributed by atoms with Crippen molar-refractivity contribution in [1.82, 2.24) is 0 Å². The van der Waals surface area contributed by atoms with E-state index < -0.39 is 54.5 Å². The summed E-state index contributed by atoms with van der Waals surface area (Å²) in [6.45, 7) is 5.59. The second-order valence-electron chi connectivity index (χ2n) is 5.48. The zero-order valence-corrected chi connectivity index (χ0v) is 19.1. The van der Waals surface area contributed by atoms with Crippen LogP contribution in [0.1, 0.15) is 59.3 Å². The van der Waals surface area contributed by atoms with Crippen molar-refractivity contribution in [2.75, 3.05) is 0 Å². The van der Waals surface area contributed by atoms with Gasteiger partial charge in [0.05, 0.1) is 19.3 Å². The third-order valence-corrected chi connectivity index (χ3v) is 2.57. The van der Waals surface area contributed by atoms with Crippen LogP contribution in [0.25, 0.3) is 0 Å². The maximum Gasteiger partial charge on any atom is 3.00 e. The zero-order valence-electron chi connectivity index (χ0n) is 18.0. The van der Waals surface area contributed by atoms with Gasteiger partial charge in [-0.25, -0.2) is 0 Å². The van der Waals surface area contributed by atoms with E-state index in [0.717, 1.165) is 19.3 Å². The average Bonchev–Trinajstić information content (AvgIpc) is 2.62. The van der Waals surface area contributed by atoms with Crippen LogP contribution < -0.4 is 15.3 Å². The van der Waals surface area contributed by atoms with Crippen LogP contribution in [-0.4, -0.2) is 52.6 Å². The van der Waals surface area contributed by atoms with Crippen LogP contribution >= 0.6 is 0 Å². The molecule has 0 rings (SSSR count). The molecule has 168 valence electrons. The molecule has 0 spiro atoms. The molecule has 0 aliphatic rings. The number of carboxylic acid groups (broad SMARTS) is 3. The first-order valence-electron chi connectivity index (χ1n) is 9.17. The molecule has 0 aromatic heterocycles. The van der Waals surface area contributed by atoms with E-state index in [-0.39, 0.29) is 17.4 Å². The molecule has 0 aliphatic carbocycles. The molecule has 10 heteroatoms. The van der Waals surface area contributed by atoms with E-state index in [1.54, 1.807) is 18.2 Å². The van der Waals surface area contributed by atoms with E-state index in [1.165, 1.54) is 18.2 Å². The predicted octanol–water partition coefficient (Wildman–Crippen LogP) is -1.40. The topological polar surface area (TPSA) is 172 Å². The van der Waals surface area contributed by atoms with Gasteiger partial charge in [0, 0.05) is 17.9 Å². The quantitative estimate of drug-likeness (QED) is 0.197. The summed E-state index contributed by atoms with van der Waals surface area (Å²) >= 11 is 0. The first kappa shape index (κ1) is 35.6. The van der Waals surface area contributed by atoms with Gasteiger partial charge in [-0.1, -0.05) is 39.0 Å². The van der Waals surface area contributed by atoms with Crippen LogP contribution in [0, 0.1) is 0 Å². The van der Waals surface area contributed by atoms with Crippen LogP contribution in [0.4, 0.5) is 0 Å². The van der Waals surface area contributed by atoms with E-state index in [9.17, 15) is 44.1 Å². The van der Waals surface area contributed by atoms with Gasteiger partial charge in [0.25, 0.3) is 0 Å². The Balaban J connectivity index is -0.000000174. The van der Waals surface area contributed by atoms with Crippen molar-refractivity contribution in [3.63, 3.8) is 0 Å². The Hall–Kier alpha value is -2.83. The first-order chi connectivity index (χ1) is 14.0. The van der Waals surface area contributed by atoms with Gasteiger partial charge in [0.2, 0.25) is 0 Å². The Morgan fingerprint density at radius 3 is 0.839 bits per heavy atom. The molecule has 9 nitrogen and oxygen atoms in total. The molecular formula is C21H27AlO9. The predicted molar refractivity (Wildman–Crippen MR) is 108 cm³/mol. The summed E-state index contributed by atoms with van der Waals surface area (Å²) in [4.78, 5) is 60.9. The van der Waals surface area contributed by atoms with Gasteiger partial charge in [-0.15, -0.1) is 0 Å². The second kappa shape index (κ2) is 25.2. The maximum atomic E-state index is 10.5. The number of ketones is 3. The Labute approximate surface area is 192 Å². The van der Waals surface area contributed by atoms with Gasteiger partial charge in [-0.3, -0.25) is 14.4 Å². The molecule has 31 heavy (non-hydrogen) atoms. The molecule has 0 unspecified atom stereocenters. The molecule has 0 aromatic rings. The molecule has 0 saturated heterocycles. The van der Waals surface area contributed by atoms with Gasteiger partial charge in [-0.05, 0) is 37.5 Å². The van der Waals surface area contributed by atoms with Crippen molar-refractivity contribution in [3.8, 4) is 0 Å². The summed E-state index contributed by atoms with van der Waals surface area (Å²) < 4.78 is 0. The molecule has 0 aliphatic heterocycles. The third-order valence-electron chi connectivity index (χ3n) is 2.57. The largest absolute Gasteiger partial charge is 3.00 e. The second-order valence-corrected chi connectivity index (χ2v) is 5.48. The van der Waals surface area contributed by atoms with Gasteiger partial charge in [0.1, 0.15) is 0 Å². The van der Waals surface area contributed by atoms with E-state index >= 15 is 0 Å². The molecule has 0 atom stereocenters. The Kier molecular flexibility index (Phi) is 28.9. The molecule has 0 amide bonds. The van der Waals surface area contributed by atoms with Crippen LogP contribution in [0.3, 0.4) is 0 Å². The van der Waals surface area contributed by atoms with Crippen LogP contribution in [0.5, 0.6) is 0 Å². The SMILES string of the molecule is CCC=CC(=O)CC(=O)[O-].CCC=CC(=O)CC(=O)[O-].CCC=CC(=O)CC(=O)[O-].[Al+3]. The van der Waals surface area contributed by atoms with Crippen molar-refractivity contribution in [1.29, 1.82) is 0 Å². The van der Waals surface area contributed by atoms with E-state index in [0.29, 0.717) is 0 Å². The minimum absolute atomic E-state index is 0. The zero-order chi connectivity index (χ0) is 23.9. The Morgan fingerprint density at radius 1 is 0.516 bits per heavy atom. The minimum Gasteiger partial charge on any atom is -0.550 e. The average molecular weight is 450 g/mol. The smallest absolute Gasteiger partial charge is 0.550 e. The molecular weight excluding hydrogens is 423 g/mol. The van der Waals surface area contributed by atoms with Gasteiger partial charge >= 0.3 is 17.4 Å². The number of aliphatic carboxylic acids is 3. The summed E-state index contributed by atoms with van der Waals surface area (Å²) in [5.41, 5.74) is 0. The third kappa shape index (κ3) is 38.4. The van der Waals surface area contributed by atoms with Gasteiger partial charge in [0.15, 0.2) is 17.3 Å². The molecule has 0 heterocycles. The van der Waals surface area contributed by atoms with Crippen molar-refractivity contribution in [2.45, 2.75) is 59.3 Å². The molecule has 0 N–H and O–H groups in total. The molecule has 0 bridgehead atoms. The van der Waals surface area contributed by atoms with Crippen molar-refractivity contribution >= 4 is 52.6 Å². The maximum absolute atomic E-state index is 10.5. The fraction of sp³-hybridized carbons (Fsp3) is 0.429. The van der Waals surface area contributed by atoms with Gasteiger partial charge in [-0.2, -0.15) is 0 Å². The summed E-state index contributed by atoms with van der Waals surface area (Å²) in [6, 6.07) is 0. The van der Waals surface area contributed by atoms with Crippen molar-refractivity contribution in [2.24, 2.45) is 0 Å². The Morgan fingerprint density at radius 2 is 0.710 bits per heavy atom. The van der Waals surface area contributed by atoms with Crippen molar-refractivity contribution < 1.29 is 44.1 Å². The number of rotatable bonds is 12. The first-order valence-corrected chi connectivity index (χ1v) is 9.17. The fourth-order valence-electron chi connectivity index (χ4n) is 1.35. The van der Waals surface area contributed by atoms with E-state index in [1.807, 2.05) is 20.8 Å². The molecule has 0 aromatic carbocycles. The van der Waals surface area contributed by atoms with Crippen molar-refractivity contribution in [3.05, 3.63) is 36.5 Å². The standard InChI is InChI=1S/3C7H10O3.Al/c3*1-2-3-4-6(8)5-7(9)10;/h3*3-4H,2,5H2,1H3,(H,9,10);/q;;;+3/p-3. The number of allylic oxidation sites excluding steroid dienone is 6. The van der Waals surface area contributed by atoms with Crippen LogP contribution in [-0.2, 0) is 28.8 Å². The Bertz CT molecular complexity index is 571. The number of carboxylic acids is 3. The summed E-state index contributed by atoms with van der Waals surface area (Å²) in [5.74, 6) is -5.23. The summed E-state index contributed by atoms with van der Waals surface area (Å²) in [7, 11) is 0. The summed E-state index contributed by atoms with van der Waals surface area (Å²) in [6.07, 6.45) is 9.28. The van der Waals surface area contributed by atoms with Crippen LogP contribution in [0.15, 0.2) is 36.5 Å². The molecule has 0 saturated carbocycles.